The van der Waals surface area contributed by atoms with Crippen molar-refractivity contribution in [3.05, 3.63) is 17.3 Å². The van der Waals surface area contributed by atoms with Crippen LogP contribution in [0.25, 0.3) is 0 Å². The topological polar surface area (TPSA) is 73.0 Å². The van der Waals surface area contributed by atoms with Crippen LogP contribution >= 0.6 is 10.7 Å². The summed E-state index contributed by atoms with van der Waals surface area (Å²) in [7, 11) is 0.972. The second-order valence-corrected chi connectivity index (χ2v) is 5.28. The number of rotatable bonds is 2. The summed E-state index contributed by atoms with van der Waals surface area (Å²) in [6.07, 6.45) is -2.09. The lowest BCUT2D eigenvalue weighted by Gasteiger charge is -2.09. The lowest BCUT2D eigenvalue weighted by Crippen LogP contribution is -2.06. The molecule has 0 aromatic carbocycles. The standard InChI is InChI=1S/C7H7ClF2N2O2S/c1-3-5(11)4(6(9)10)2-12-7(3)15(8,13)14/h2,6H,1H3,(H2,11,12). The van der Waals surface area contributed by atoms with Crippen LogP contribution in [0.5, 0.6) is 0 Å². The number of aromatic nitrogens is 1. The first-order chi connectivity index (χ1) is 6.75. The summed E-state index contributed by atoms with van der Waals surface area (Å²) in [4.78, 5) is 3.35. The fourth-order valence-corrected chi connectivity index (χ4v) is 2.17. The van der Waals surface area contributed by atoms with Crippen LogP contribution in [0.2, 0.25) is 0 Å². The van der Waals surface area contributed by atoms with E-state index in [0.29, 0.717) is 6.20 Å². The number of nitrogen functional groups attached to an aromatic ring is 1. The third-order valence-electron chi connectivity index (χ3n) is 1.82. The van der Waals surface area contributed by atoms with Crippen LogP contribution in [0.15, 0.2) is 11.2 Å². The van der Waals surface area contributed by atoms with Crippen LogP contribution in [0, 0.1) is 6.92 Å². The van der Waals surface area contributed by atoms with Gasteiger partial charge >= 0.3 is 0 Å². The lowest BCUT2D eigenvalue weighted by atomic mass is 10.2. The Morgan fingerprint density at radius 2 is 2.07 bits per heavy atom. The Morgan fingerprint density at radius 3 is 2.47 bits per heavy atom. The highest BCUT2D eigenvalue weighted by atomic mass is 35.7. The van der Waals surface area contributed by atoms with Gasteiger partial charge in [-0.1, -0.05) is 0 Å². The molecular weight excluding hydrogens is 250 g/mol. The van der Waals surface area contributed by atoms with Gasteiger partial charge in [0.1, 0.15) is 0 Å². The molecule has 84 valence electrons. The highest BCUT2D eigenvalue weighted by Crippen LogP contribution is 2.30. The molecule has 15 heavy (non-hydrogen) atoms. The molecule has 2 N–H and O–H groups in total. The van der Waals surface area contributed by atoms with Gasteiger partial charge in [0, 0.05) is 28.1 Å². The minimum absolute atomic E-state index is 0.0669. The van der Waals surface area contributed by atoms with Crippen LogP contribution < -0.4 is 5.73 Å². The molecule has 0 radical (unpaired) electrons. The van der Waals surface area contributed by atoms with Crippen molar-refractivity contribution in [3.63, 3.8) is 0 Å². The van der Waals surface area contributed by atoms with Gasteiger partial charge in [-0.05, 0) is 6.92 Å². The Morgan fingerprint density at radius 1 is 1.53 bits per heavy atom. The Hall–Kier alpha value is -0.950. The zero-order valence-electron chi connectivity index (χ0n) is 7.54. The second kappa shape index (κ2) is 3.90. The average Bonchev–Trinajstić information content (AvgIpc) is 2.06. The quantitative estimate of drug-likeness (QED) is 0.820. The molecule has 1 heterocycles. The third kappa shape index (κ3) is 2.35. The average molecular weight is 257 g/mol. The number of halogens is 3. The van der Waals surface area contributed by atoms with E-state index in [4.69, 9.17) is 16.4 Å². The summed E-state index contributed by atoms with van der Waals surface area (Å²) >= 11 is 0. The Kier molecular flexibility index (Phi) is 3.15. The van der Waals surface area contributed by atoms with Crippen molar-refractivity contribution in [1.29, 1.82) is 0 Å². The number of hydrogen-bond acceptors (Lipinski definition) is 4. The summed E-state index contributed by atoms with van der Waals surface area (Å²) in [5.74, 6) is 0. The van der Waals surface area contributed by atoms with Crippen molar-refractivity contribution in [3.8, 4) is 0 Å². The van der Waals surface area contributed by atoms with Gasteiger partial charge < -0.3 is 5.73 Å². The Balaban J connectivity index is 3.48. The SMILES string of the molecule is Cc1c(S(=O)(=O)Cl)ncc(C(F)F)c1N. The maximum atomic E-state index is 12.3. The van der Waals surface area contributed by atoms with Crippen molar-refractivity contribution >= 4 is 25.4 Å². The third-order valence-corrected chi connectivity index (χ3v) is 3.13. The first-order valence-corrected chi connectivity index (χ1v) is 6.04. The van der Waals surface area contributed by atoms with Crippen LogP contribution in [0.3, 0.4) is 0 Å². The molecule has 0 saturated carbocycles. The van der Waals surface area contributed by atoms with Gasteiger partial charge in [-0.3, -0.25) is 0 Å². The maximum absolute atomic E-state index is 12.3. The Bertz CT molecular complexity index is 490. The molecule has 0 atom stereocenters. The largest absolute Gasteiger partial charge is 0.398 e. The molecule has 1 rings (SSSR count). The number of pyridine rings is 1. The Labute approximate surface area is 89.5 Å². The molecular formula is C7H7ClF2N2O2S. The zero-order valence-corrected chi connectivity index (χ0v) is 9.11. The van der Waals surface area contributed by atoms with Gasteiger partial charge in [-0.25, -0.2) is 22.2 Å². The van der Waals surface area contributed by atoms with E-state index >= 15 is 0 Å². The summed E-state index contributed by atoms with van der Waals surface area (Å²) < 4.78 is 46.6. The van der Waals surface area contributed by atoms with E-state index in [9.17, 15) is 17.2 Å². The maximum Gasteiger partial charge on any atom is 0.278 e. The second-order valence-electron chi connectivity index (χ2n) is 2.80. The van der Waals surface area contributed by atoms with Crippen molar-refractivity contribution in [2.24, 2.45) is 0 Å². The smallest absolute Gasteiger partial charge is 0.278 e. The van der Waals surface area contributed by atoms with Crippen molar-refractivity contribution in [1.82, 2.24) is 4.98 Å². The molecule has 0 aliphatic carbocycles. The number of nitrogens with zero attached hydrogens (tertiary/aromatic N) is 1. The number of anilines is 1. The molecule has 4 nitrogen and oxygen atoms in total. The van der Waals surface area contributed by atoms with E-state index in [1.165, 1.54) is 6.92 Å². The van der Waals surface area contributed by atoms with Gasteiger partial charge in [0.05, 0.1) is 5.56 Å². The minimum Gasteiger partial charge on any atom is -0.398 e. The number of alkyl halides is 2. The highest BCUT2D eigenvalue weighted by molar-refractivity contribution is 8.13. The fraction of sp³-hybridized carbons (Fsp3) is 0.286. The molecule has 0 aliphatic heterocycles. The van der Waals surface area contributed by atoms with E-state index in [0.717, 1.165) is 0 Å². The normalized spacial score (nSPS) is 12.1. The number of nitrogens with two attached hydrogens (primary N) is 1. The first-order valence-electron chi connectivity index (χ1n) is 3.73. The summed E-state index contributed by atoms with van der Waals surface area (Å²) in [6.45, 7) is 1.27. The van der Waals surface area contributed by atoms with Gasteiger partial charge in [-0.15, -0.1) is 0 Å². The zero-order chi connectivity index (χ0) is 11.8. The van der Waals surface area contributed by atoms with Crippen molar-refractivity contribution in [2.75, 3.05) is 5.73 Å². The van der Waals surface area contributed by atoms with Crippen LogP contribution in [-0.4, -0.2) is 13.4 Å². The highest BCUT2D eigenvalue weighted by Gasteiger charge is 2.21. The van der Waals surface area contributed by atoms with Crippen molar-refractivity contribution < 1.29 is 17.2 Å². The number of hydrogen-bond donors (Lipinski definition) is 1. The van der Waals surface area contributed by atoms with Crippen LogP contribution in [-0.2, 0) is 9.05 Å². The van der Waals surface area contributed by atoms with Gasteiger partial charge in [0.25, 0.3) is 15.5 Å². The lowest BCUT2D eigenvalue weighted by molar-refractivity contribution is 0.151. The molecule has 0 amide bonds. The summed E-state index contributed by atoms with van der Waals surface area (Å²) in [5.41, 5.74) is 4.46. The summed E-state index contributed by atoms with van der Waals surface area (Å²) in [5, 5.41) is -0.494. The fourth-order valence-electron chi connectivity index (χ4n) is 1.05. The molecule has 1 aromatic heterocycles. The molecule has 1 aromatic rings. The molecule has 8 heteroatoms. The molecule has 0 spiro atoms. The predicted molar refractivity (Wildman–Crippen MR) is 51.4 cm³/mol. The monoisotopic (exact) mass is 256 g/mol. The molecule has 0 bridgehead atoms. The van der Waals surface area contributed by atoms with E-state index in [-0.39, 0.29) is 11.3 Å². The summed E-state index contributed by atoms with van der Waals surface area (Å²) in [6, 6.07) is 0. The van der Waals surface area contributed by atoms with E-state index < -0.39 is 26.1 Å². The van der Waals surface area contributed by atoms with E-state index in [2.05, 4.69) is 4.98 Å². The molecule has 0 saturated heterocycles. The minimum atomic E-state index is -4.06. The van der Waals surface area contributed by atoms with Gasteiger partial charge in [-0.2, -0.15) is 0 Å². The molecule has 0 fully saturated rings. The van der Waals surface area contributed by atoms with Gasteiger partial charge in [0.15, 0.2) is 5.03 Å². The molecule has 0 unspecified atom stereocenters. The van der Waals surface area contributed by atoms with Crippen LogP contribution in [0.1, 0.15) is 17.6 Å². The van der Waals surface area contributed by atoms with Crippen molar-refractivity contribution in [2.45, 2.75) is 18.4 Å². The van der Waals surface area contributed by atoms with E-state index in [1.807, 2.05) is 0 Å². The molecule has 0 aliphatic rings. The van der Waals surface area contributed by atoms with E-state index in [1.54, 1.807) is 0 Å². The van der Waals surface area contributed by atoms with Gasteiger partial charge in [0.2, 0.25) is 0 Å². The van der Waals surface area contributed by atoms with Crippen LogP contribution in [0.4, 0.5) is 14.5 Å². The predicted octanol–water partition coefficient (Wildman–Crippen LogP) is 1.84. The first kappa shape index (κ1) is 12.1.